The molecule has 0 spiro atoms. The normalized spacial score (nSPS) is 11.3. The van der Waals surface area contributed by atoms with Crippen molar-refractivity contribution in [3.05, 3.63) is 66.4 Å². The Hall–Kier alpha value is -3.92. The van der Waals surface area contributed by atoms with Crippen LogP contribution < -0.4 is 27.1 Å². The minimum absolute atomic E-state index is 0.0814. The van der Waals surface area contributed by atoms with E-state index in [1.54, 1.807) is 24.3 Å². The number of carbonyl (C=O) groups is 2. The molecule has 1 heterocycles. The van der Waals surface area contributed by atoms with Gasteiger partial charge in [-0.3, -0.25) is 9.59 Å². The highest BCUT2D eigenvalue weighted by Crippen LogP contribution is 2.19. The summed E-state index contributed by atoms with van der Waals surface area (Å²) in [6, 6.07) is 16.0. The molecule has 3 aromatic rings. The van der Waals surface area contributed by atoms with Crippen molar-refractivity contribution in [3.8, 4) is 0 Å². The first-order chi connectivity index (χ1) is 15.4. The van der Waals surface area contributed by atoms with Crippen molar-refractivity contribution in [3.63, 3.8) is 0 Å². The molecule has 0 bridgehead atoms. The number of hydrogen-bond donors (Lipinski definition) is 4. The molecule has 0 aliphatic carbocycles. The summed E-state index contributed by atoms with van der Waals surface area (Å²) in [6.07, 6.45) is 1.86. The van der Waals surface area contributed by atoms with E-state index in [-0.39, 0.29) is 23.9 Å². The van der Waals surface area contributed by atoms with Gasteiger partial charge in [0, 0.05) is 17.6 Å². The number of nitrogens with zero attached hydrogens (tertiary/aromatic N) is 2. The fourth-order valence-corrected chi connectivity index (χ4v) is 2.82. The summed E-state index contributed by atoms with van der Waals surface area (Å²) >= 11 is 0. The SMILES string of the molecule is [B]c1cnc(Nc2cccc(NC(=O)C(N)Cc3ccccc3)c2)nc1NCC(=O)OC. The van der Waals surface area contributed by atoms with Crippen LogP contribution in [0.5, 0.6) is 0 Å². The molecule has 0 aliphatic heterocycles. The summed E-state index contributed by atoms with van der Waals surface area (Å²) in [6.45, 7) is -0.0814. The van der Waals surface area contributed by atoms with Gasteiger partial charge >= 0.3 is 5.97 Å². The van der Waals surface area contributed by atoms with E-state index in [9.17, 15) is 9.59 Å². The van der Waals surface area contributed by atoms with Crippen LogP contribution in [0.2, 0.25) is 0 Å². The minimum atomic E-state index is -0.683. The Morgan fingerprint density at radius 3 is 2.62 bits per heavy atom. The topological polar surface area (TPSA) is 131 Å². The Bertz CT molecular complexity index is 1080. The fraction of sp³-hybridized carbons (Fsp3) is 0.182. The number of anilines is 4. The van der Waals surface area contributed by atoms with Gasteiger partial charge in [0.25, 0.3) is 0 Å². The molecule has 0 saturated carbocycles. The van der Waals surface area contributed by atoms with Crippen molar-refractivity contribution in [2.45, 2.75) is 12.5 Å². The van der Waals surface area contributed by atoms with Crippen molar-refractivity contribution < 1.29 is 14.3 Å². The van der Waals surface area contributed by atoms with Crippen LogP contribution in [0, 0.1) is 0 Å². The number of benzene rings is 2. The second kappa shape index (κ2) is 10.9. The number of esters is 1. The van der Waals surface area contributed by atoms with Crippen LogP contribution in [0.1, 0.15) is 5.56 Å². The number of nitrogens with one attached hydrogen (secondary N) is 3. The number of carbonyl (C=O) groups excluding carboxylic acids is 2. The molecule has 3 rings (SSSR count). The van der Waals surface area contributed by atoms with Crippen molar-refractivity contribution in [2.24, 2.45) is 5.73 Å². The molecule has 0 fully saturated rings. The summed E-state index contributed by atoms with van der Waals surface area (Å²) in [4.78, 5) is 32.2. The predicted molar refractivity (Wildman–Crippen MR) is 124 cm³/mol. The lowest BCUT2D eigenvalue weighted by molar-refractivity contribution is -0.138. The molecule has 1 amide bonds. The van der Waals surface area contributed by atoms with E-state index in [4.69, 9.17) is 13.6 Å². The maximum atomic E-state index is 12.5. The van der Waals surface area contributed by atoms with Crippen LogP contribution in [-0.2, 0) is 20.7 Å². The Morgan fingerprint density at radius 1 is 1.12 bits per heavy atom. The van der Waals surface area contributed by atoms with Crippen LogP contribution in [-0.4, -0.2) is 49.4 Å². The lowest BCUT2D eigenvalue weighted by atomic mass is 9.99. The van der Waals surface area contributed by atoms with Gasteiger partial charge in [0.15, 0.2) is 0 Å². The van der Waals surface area contributed by atoms with Gasteiger partial charge in [-0.05, 0) is 35.6 Å². The quantitative estimate of drug-likeness (QED) is 0.293. The van der Waals surface area contributed by atoms with Crippen molar-refractivity contribution in [2.75, 3.05) is 29.6 Å². The second-order valence-corrected chi connectivity index (χ2v) is 6.92. The average molecular weight is 430 g/mol. The van der Waals surface area contributed by atoms with Gasteiger partial charge in [-0.1, -0.05) is 36.4 Å². The summed E-state index contributed by atoms with van der Waals surface area (Å²) in [5.74, 6) is -0.185. The number of aromatic nitrogens is 2. The lowest BCUT2D eigenvalue weighted by Crippen LogP contribution is -2.37. The average Bonchev–Trinajstić information content (AvgIpc) is 2.80. The predicted octanol–water partition coefficient (Wildman–Crippen LogP) is 1.11. The molecule has 1 aromatic heterocycles. The monoisotopic (exact) mass is 430 g/mol. The van der Waals surface area contributed by atoms with E-state index in [1.807, 2.05) is 30.3 Å². The van der Waals surface area contributed by atoms with Crippen LogP contribution in [0.4, 0.5) is 23.1 Å². The number of rotatable bonds is 9. The second-order valence-electron chi connectivity index (χ2n) is 6.92. The van der Waals surface area contributed by atoms with Gasteiger partial charge in [-0.15, -0.1) is 0 Å². The van der Waals surface area contributed by atoms with Crippen molar-refractivity contribution in [1.82, 2.24) is 9.97 Å². The summed E-state index contributed by atoms with van der Waals surface area (Å²) in [7, 11) is 7.14. The highest BCUT2D eigenvalue weighted by molar-refractivity contribution is 6.35. The third-order valence-corrected chi connectivity index (χ3v) is 4.47. The molecule has 5 N–H and O–H groups in total. The van der Waals surface area contributed by atoms with E-state index in [0.717, 1.165) is 5.56 Å². The van der Waals surface area contributed by atoms with Gasteiger partial charge in [0.1, 0.15) is 20.2 Å². The molecule has 0 saturated heterocycles. The zero-order valence-electron chi connectivity index (χ0n) is 17.5. The molecule has 162 valence electrons. The maximum absolute atomic E-state index is 12.5. The third kappa shape index (κ3) is 6.54. The highest BCUT2D eigenvalue weighted by Gasteiger charge is 2.14. The number of methoxy groups -OCH3 is 1. The van der Waals surface area contributed by atoms with Gasteiger partial charge < -0.3 is 26.4 Å². The summed E-state index contributed by atoms with van der Waals surface area (Å²) < 4.78 is 4.59. The van der Waals surface area contributed by atoms with E-state index in [0.29, 0.717) is 23.6 Å². The smallest absolute Gasteiger partial charge is 0.325 e. The molecule has 10 heteroatoms. The maximum Gasteiger partial charge on any atom is 0.325 e. The largest absolute Gasteiger partial charge is 0.468 e. The third-order valence-electron chi connectivity index (χ3n) is 4.47. The Morgan fingerprint density at radius 2 is 1.88 bits per heavy atom. The van der Waals surface area contributed by atoms with E-state index in [1.165, 1.54) is 13.3 Å². The first kappa shape index (κ1) is 22.8. The molecule has 2 aromatic carbocycles. The molecule has 0 aliphatic rings. The van der Waals surface area contributed by atoms with Crippen LogP contribution in [0.3, 0.4) is 0 Å². The van der Waals surface area contributed by atoms with Crippen LogP contribution in [0.15, 0.2) is 60.8 Å². The van der Waals surface area contributed by atoms with E-state index in [2.05, 4.69) is 30.7 Å². The zero-order valence-corrected chi connectivity index (χ0v) is 17.5. The molecule has 1 unspecified atom stereocenters. The molecule has 9 nitrogen and oxygen atoms in total. The summed E-state index contributed by atoms with van der Waals surface area (Å²) in [5.41, 5.74) is 8.54. The standard InChI is InChI=1S/C22H23BN6O3/c1-32-19(30)13-25-20-17(23)12-26-22(29-20)28-16-9-5-8-15(11-16)27-21(31)18(24)10-14-6-3-2-4-7-14/h2-9,11-12,18H,10,13,24H2,1H3,(H,27,31)(H2,25,26,28,29). The Kier molecular flexibility index (Phi) is 7.77. The van der Waals surface area contributed by atoms with E-state index < -0.39 is 12.0 Å². The lowest BCUT2D eigenvalue weighted by Gasteiger charge is -2.14. The Balaban J connectivity index is 1.63. The molecule has 32 heavy (non-hydrogen) atoms. The Labute approximate surface area is 187 Å². The highest BCUT2D eigenvalue weighted by atomic mass is 16.5. The fourth-order valence-electron chi connectivity index (χ4n) is 2.82. The van der Waals surface area contributed by atoms with Crippen molar-refractivity contribution >= 4 is 48.3 Å². The van der Waals surface area contributed by atoms with Gasteiger partial charge in [-0.25, -0.2) is 4.98 Å². The number of amides is 1. The molecular weight excluding hydrogens is 407 g/mol. The van der Waals surface area contributed by atoms with Gasteiger partial charge in [-0.2, -0.15) is 4.98 Å². The number of ether oxygens (including phenoxy) is 1. The zero-order chi connectivity index (χ0) is 22.9. The van der Waals surface area contributed by atoms with E-state index >= 15 is 0 Å². The molecule has 2 radical (unpaired) electrons. The van der Waals surface area contributed by atoms with Crippen LogP contribution >= 0.6 is 0 Å². The van der Waals surface area contributed by atoms with Gasteiger partial charge in [0.2, 0.25) is 11.9 Å². The molecule has 1 atom stereocenters. The first-order valence-electron chi connectivity index (χ1n) is 9.85. The molecular formula is C22H23BN6O3. The number of nitrogens with two attached hydrogens (primary N) is 1. The first-order valence-corrected chi connectivity index (χ1v) is 9.85. The van der Waals surface area contributed by atoms with Crippen molar-refractivity contribution in [1.29, 1.82) is 0 Å². The van der Waals surface area contributed by atoms with Crippen LogP contribution in [0.25, 0.3) is 0 Å². The minimum Gasteiger partial charge on any atom is -0.468 e. The van der Waals surface area contributed by atoms with Gasteiger partial charge in [0.05, 0.1) is 13.2 Å². The summed E-state index contributed by atoms with van der Waals surface area (Å²) in [5, 5.41) is 8.66. The number of hydrogen-bond acceptors (Lipinski definition) is 8.